The van der Waals surface area contributed by atoms with Crippen molar-refractivity contribution < 1.29 is 13.2 Å². The SMILES string of the molecule is COc1cc(C)c(S(=O)(=O)N2CCN(c3cccc(C#N)c3)CC2)cc1C. The van der Waals surface area contributed by atoms with E-state index in [9.17, 15) is 8.42 Å². The summed E-state index contributed by atoms with van der Waals surface area (Å²) >= 11 is 0. The molecule has 0 saturated carbocycles. The molecular weight excluding hydrogens is 362 g/mol. The highest BCUT2D eigenvalue weighted by Gasteiger charge is 2.30. The molecule has 0 amide bonds. The molecule has 0 spiro atoms. The van der Waals surface area contributed by atoms with E-state index in [0.29, 0.717) is 48.0 Å². The maximum Gasteiger partial charge on any atom is 0.243 e. The average molecular weight is 385 g/mol. The third kappa shape index (κ3) is 3.77. The Morgan fingerprint density at radius 1 is 1.04 bits per heavy atom. The Balaban J connectivity index is 1.79. The molecule has 2 aromatic carbocycles. The van der Waals surface area contributed by atoms with Crippen molar-refractivity contribution in [2.24, 2.45) is 0 Å². The Kier molecular flexibility index (Phi) is 5.40. The number of sulfonamides is 1. The Morgan fingerprint density at radius 3 is 2.37 bits per heavy atom. The van der Waals surface area contributed by atoms with Crippen LogP contribution in [0.25, 0.3) is 0 Å². The van der Waals surface area contributed by atoms with Gasteiger partial charge in [0, 0.05) is 31.9 Å². The second kappa shape index (κ2) is 7.59. The fourth-order valence-electron chi connectivity index (χ4n) is 3.36. The standard InChI is InChI=1S/C20H23N3O3S/c1-15-12-20(16(2)11-19(15)26-3)27(24,25)23-9-7-22(8-10-23)18-6-4-5-17(13-18)14-21/h4-6,11-13H,7-10H2,1-3H3. The van der Waals surface area contributed by atoms with Crippen molar-refractivity contribution in [3.05, 3.63) is 53.1 Å². The first-order valence-electron chi connectivity index (χ1n) is 8.77. The van der Waals surface area contributed by atoms with Gasteiger partial charge in [0.1, 0.15) is 5.75 Å². The number of hydrogen-bond acceptors (Lipinski definition) is 5. The van der Waals surface area contributed by atoms with Gasteiger partial charge in [0.05, 0.1) is 23.6 Å². The molecule has 0 atom stereocenters. The first-order valence-corrected chi connectivity index (χ1v) is 10.2. The summed E-state index contributed by atoms with van der Waals surface area (Å²) in [5, 5.41) is 9.06. The summed E-state index contributed by atoms with van der Waals surface area (Å²) in [5.74, 6) is 0.689. The van der Waals surface area contributed by atoms with Gasteiger partial charge in [0.2, 0.25) is 10.0 Å². The van der Waals surface area contributed by atoms with Crippen molar-refractivity contribution in [3.8, 4) is 11.8 Å². The number of rotatable bonds is 4. The monoisotopic (exact) mass is 385 g/mol. The minimum absolute atomic E-state index is 0.334. The van der Waals surface area contributed by atoms with Gasteiger partial charge in [-0.15, -0.1) is 0 Å². The Hall–Kier alpha value is -2.56. The largest absolute Gasteiger partial charge is 0.496 e. The molecule has 2 aromatic rings. The maximum absolute atomic E-state index is 13.1. The molecule has 0 aliphatic carbocycles. The molecule has 3 rings (SSSR count). The quantitative estimate of drug-likeness (QED) is 0.809. The second-order valence-corrected chi connectivity index (χ2v) is 8.55. The van der Waals surface area contributed by atoms with Gasteiger partial charge in [-0.05, 0) is 55.3 Å². The van der Waals surface area contributed by atoms with E-state index < -0.39 is 10.0 Å². The van der Waals surface area contributed by atoms with Crippen LogP contribution >= 0.6 is 0 Å². The molecule has 1 heterocycles. The zero-order valence-corrected chi connectivity index (χ0v) is 16.6. The van der Waals surface area contributed by atoms with Crippen LogP contribution in [0, 0.1) is 25.2 Å². The molecule has 1 fully saturated rings. The van der Waals surface area contributed by atoms with Crippen molar-refractivity contribution >= 4 is 15.7 Å². The van der Waals surface area contributed by atoms with E-state index in [1.165, 1.54) is 4.31 Å². The molecule has 0 unspecified atom stereocenters. The van der Waals surface area contributed by atoms with Crippen LogP contribution in [0.5, 0.6) is 5.75 Å². The number of ether oxygens (including phenoxy) is 1. The number of benzene rings is 2. The summed E-state index contributed by atoms with van der Waals surface area (Å²) in [7, 11) is -1.98. The van der Waals surface area contributed by atoms with E-state index in [1.54, 1.807) is 32.2 Å². The van der Waals surface area contributed by atoms with Crippen molar-refractivity contribution in [2.45, 2.75) is 18.7 Å². The Bertz CT molecular complexity index is 988. The summed E-state index contributed by atoms with van der Waals surface area (Å²) in [6, 6.07) is 13.0. The smallest absolute Gasteiger partial charge is 0.243 e. The third-order valence-corrected chi connectivity index (χ3v) is 6.93. The first-order chi connectivity index (χ1) is 12.9. The van der Waals surface area contributed by atoms with Gasteiger partial charge in [0.15, 0.2) is 0 Å². The molecule has 142 valence electrons. The normalized spacial score (nSPS) is 15.4. The lowest BCUT2D eigenvalue weighted by Gasteiger charge is -2.35. The summed E-state index contributed by atoms with van der Waals surface area (Å²) < 4.78 is 33.1. The van der Waals surface area contributed by atoms with Gasteiger partial charge in [0.25, 0.3) is 0 Å². The molecule has 1 aliphatic heterocycles. The van der Waals surface area contributed by atoms with E-state index in [0.717, 1.165) is 11.3 Å². The number of aryl methyl sites for hydroxylation is 2. The average Bonchev–Trinajstić information content (AvgIpc) is 2.69. The van der Waals surface area contributed by atoms with Gasteiger partial charge in [-0.2, -0.15) is 9.57 Å². The van der Waals surface area contributed by atoms with Crippen LogP contribution in [0.4, 0.5) is 5.69 Å². The maximum atomic E-state index is 13.1. The van der Waals surface area contributed by atoms with E-state index in [1.807, 2.05) is 25.1 Å². The number of anilines is 1. The molecular formula is C20H23N3O3S. The Morgan fingerprint density at radius 2 is 1.74 bits per heavy atom. The van der Waals surface area contributed by atoms with Crippen LogP contribution in [0.2, 0.25) is 0 Å². The van der Waals surface area contributed by atoms with Crippen LogP contribution in [-0.4, -0.2) is 46.0 Å². The van der Waals surface area contributed by atoms with Gasteiger partial charge in [-0.25, -0.2) is 8.42 Å². The fraction of sp³-hybridized carbons (Fsp3) is 0.350. The summed E-state index contributed by atoms with van der Waals surface area (Å²) in [6.45, 7) is 5.62. The van der Waals surface area contributed by atoms with Gasteiger partial charge in [-0.3, -0.25) is 0 Å². The lowest BCUT2D eigenvalue weighted by atomic mass is 10.1. The summed E-state index contributed by atoms with van der Waals surface area (Å²) in [6.07, 6.45) is 0. The van der Waals surface area contributed by atoms with E-state index in [-0.39, 0.29) is 0 Å². The first kappa shape index (κ1) is 19.2. The van der Waals surface area contributed by atoms with E-state index >= 15 is 0 Å². The summed E-state index contributed by atoms with van der Waals surface area (Å²) in [5.41, 5.74) is 3.03. The molecule has 1 saturated heterocycles. The van der Waals surface area contributed by atoms with Crippen LogP contribution in [0.1, 0.15) is 16.7 Å². The molecule has 7 heteroatoms. The van der Waals surface area contributed by atoms with Gasteiger partial charge < -0.3 is 9.64 Å². The van der Waals surface area contributed by atoms with Gasteiger partial charge >= 0.3 is 0 Å². The van der Waals surface area contributed by atoms with Crippen LogP contribution in [0.15, 0.2) is 41.3 Å². The van der Waals surface area contributed by atoms with Crippen molar-refractivity contribution in [2.75, 3.05) is 38.2 Å². The highest BCUT2D eigenvalue weighted by atomic mass is 32.2. The second-order valence-electron chi connectivity index (χ2n) is 6.64. The Labute approximate surface area is 160 Å². The molecule has 6 nitrogen and oxygen atoms in total. The predicted octanol–water partition coefficient (Wildman–Crippen LogP) is 2.69. The number of methoxy groups -OCH3 is 1. The lowest BCUT2D eigenvalue weighted by molar-refractivity contribution is 0.384. The molecule has 27 heavy (non-hydrogen) atoms. The predicted molar refractivity (Wildman–Crippen MR) is 105 cm³/mol. The minimum atomic E-state index is -3.56. The number of piperazine rings is 1. The van der Waals surface area contributed by atoms with E-state index in [2.05, 4.69) is 11.0 Å². The minimum Gasteiger partial charge on any atom is -0.496 e. The third-order valence-electron chi connectivity index (χ3n) is 4.89. The zero-order valence-electron chi connectivity index (χ0n) is 15.8. The number of hydrogen-bond donors (Lipinski definition) is 0. The van der Waals surface area contributed by atoms with E-state index in [4.69, 9.17) is 10.00 Å². The molecule has 0 aromatic heterocycles. The van der Waals surface area contributed by atoms with Crippen LogP contribution in [0.3, 0.4) is 0 Å². The molecule has 1 aliphatic rings. The highest BCUT2D eigenvalue weighted by Crippen LogP contribution is 2.29. The summed E-state index contributed by atoms with van der Waals surface area (Å²) in [4.78, 5) is 2.44. The molecule has 0 radical (unpaired) electrons. The van der Waals surface area contributed by atoms with Crippen molar-refractivity contribution in [1.29, 1.82) is 5.26 Å². The van der Waals surface area contributed by atoms with Crippen molar-refractivity contribution in [1.82, 2.24) is 4.31 Å². The van der Waals surface area contributed by atoms with Crippen molar-refractivity contribution in [3.63, 3.8) is 0 Å². The number of nitrogens with zero attached hydrogens (tertiary/aromatic N) is 3. The topological polar surface area (TPSA) is 73.6 Å². The molecule has 0 bridgehead atoms. The van der Waals surface area contributed by atoms with Crippen LogP contribution in [-0.2, 0) is 10.0 Å². The zero-order chi connectivity index (χ0) is 19.6. The lowest BCUT2D eigenvalue weighted by Crippen LogP contribution is -2.48. The fourth-order valence-corrected chi connectivity index (χ4v) is 5.07. The highest BCUT2D eigenvalue weighted by molar-refractivity contribution is 7.89. The van der Waals surface area contributed by atoms with Crippen LogP contribution < -0.4 is 9.64 Å². The number of nitriles is 1. The van der Waals surface area contributed by atoms with Gasteiger partial charge in [-0.1, -0.05) is 6.07 Å². The molecule has 0 N–H and O–H groups in total.